The molecule has 6 heteroatoms. The Bertz CT molecular complexity index is 429. The van der Waals surface area contributed by atoms with Crippen LogP contribution < -0.4 is 0 Å². The van der Waals surface area contributed by atoms with Gasteiger partial charge in [0.15, 0.2) is 0 Å². The molecule has 0 amide bonds. The molecule has 0 aromatic carbocycles. The second-order valence-electron chi connectivity index (χ2n) is 10.0. The molecule has 2 aliphatic carbocycles. The van der Waals surface area contributed by atoms with Crippen LogP contribution >= 0.6 is 0 Å². The topological polar surface area (TPSA) is 0 Å². The Morgan fingerprint density at radius 1 is 0.667 bits per heavy atom. The van der Waals surface area contributed by atoms with Gasteiger partial charge in [0.25, 0.3) is 0 Å². The molecule has 0 aromatic rings. The smallest absolute Gasteiger partial charge is 0.418 e. The van der Waals surface area contributed by atoms with Crippen molar-refractivity contribution in [1.82, 2.24) is 0 Å². The van der Waals surface area contributed by atoms with Gasteiger partial charge in [-0.2, -0.15) is 0 Å². The monoisotopic (exact) mass is 477 g/mol. The molecule has 30 heavy (non-hydrogen) atoms. The first-order valence-corrected chi connectivity index (χ1v) is 10.3. The summed E-state index contributed by atoms with van der Waals surface area (Å²) in [6, 6.07) is 0. The predicted molar refractivity (Wildman–Crippen MR) is 124 cm³/mol. The fourth-order valence-electron chi connectivity index (χ4n) is 3.44. The second kappa shape index (κ2) is 15.6. The summed E-state index contributed by atoms with van der Waals surface area (Å²) in [5, 5.41) is 0. The minimum atomic E-state index is -6.00. The average molecular weight is 477 g/mol. The molecule has 0 spiro atoms. The first kappa shape index (κ1) is 37.1. The molecule has 2 rings (SSSR count). The Hall–Kier alpha value is -0.216. The van der Waals surface area contributed by atoms with Crippen LogP contribution in [0.25, 0.3) is 0 Å². The van der Waals surface area contributed by atoms with Gasteiger partial charge in [0.2, 0.25) is 0 Å². The molecular formula is C24H46BF4Fe. The molecule has 0 fully saturated rings. The molecule has 0 unspecified atom stereocenters. The number of rotatable bonds is 2. The van der Waals surface area contributed by atoms with E-state index in [1.165, 1.54) is 25.7 Å². The van der Waals surface area contributed by atoms with E-state index in [2.05, 4.69) is 79.7 Å². The van der Waals surface area contributed by atoms with Gasteiger partial charge in [-0.15, -0.1) is 0 Å². The first-order valence-electron chi connectivity index (χ1n) is 10.3. The van der Waals surface area contributed by atoms with Crippen molar-refractivity contribution in [3.8, 4) is 0 Å². The third kappa shape index (κ3) is 17.5. The maximum atomic E-state index is 9.75. The average Bonchev–Trinajstić information content (AvgIpc) is 3.14. The second-order valence-corrected chi connectivity index (χ2v) is 10.0. The zero-order chi connectivity index (χ0) is 21.5. The minimum Gasteiger partial charge on any atom is -0.418 e. The summed E-state index contributed by atoms with van der Waals surface area (Å²) in [6.07, 6.45) is 15.0. The summed E-state index contributed by atoms with van der Waals surface area (Å²) in [5.41, 5.74) is 0.945. The van der Waals surface area contributed by atoms with Gasteiger partial charge >= 0.3 is 24.3 Å². The number of halogens is 4. The van der Waals surface area contributed by atoms with Crippen LogP contribution in [-0.2, 0) is 17.1 Å². The summed E-state index contributed by atoms with van der Waals surface area (Å²) in [4.78, 5) is 0. The molecule has 0 aromatic heterocycles. The molecular weight excluding hydrogens is 431 g/mol. The normalized spacial score (nSPS) is 24.9. The van der Waals surface area contributed by atoms with E-state index in [9.17, 15) is 17.3 Å². The van der Waals surface area contributed by atoms with Crippen molar-refractivity contribution >= 4 is 7.25 Å². The fourth-order valence-corrected chi connectivity index (χ4v) is 3.44. The maximum absolute atomic E-state index is 9.75. The molecule has 0 saturated carbocycles. The van der Waals surface area contributed by atoms with Crippen LogP contribution in [0.1, 0.15) is 81.1 Å². The quantitative estimate of drug-likeness (QED) is 0.161. The standard InChI is InChI=1S/2C11H20.2CH3.BF4.Fe/c2*1-5-9-6-7-10(8-9)11(2,3)4;;;2-1(3,4)5;/h2*6-7,9-10H,5,8H2,1-4H3;2*1H3;;/q;;3*-1;+3/t2*9-,10+;;;;/m00..../s1. The van der Waals surface area contributed by atoms with E-state index in [4.69, 9.17) is 0 Å². The van der Waals surface area contributed by atoms with E-state index in [-0.39, 0.29) is 31.9 Å². The van der Waals surface area contributed by atoms with E-state index < -0.39 is 7.25 Å². The van der Waals surface area contributed by atoms with Crippen molar-refractivity contribution in [2.24, 2.45) is 34.5 Å². The van der Waals surface area contributed by atoms with Gasteiger partial charge in [-0.25, -0.2) is 0 Å². The van der Waals surface area contributed by atoms with Crippen molar-refractivity contribution in [2.75, 3.05) is 0 Å². The molecule has 0 nitrogen and oxygen atoms in total. The molecule has 1 radical (unpaired) electrons. The van der Waals surface area contributed by atoms with Crippen molar-refractivity contribution in [3.63, 3.8) is 0 Å². The van der Waals surface area contributed by atoms with E-state index in [1.54, 1.807) is 0 Å². The van der Waals surface area contributed by atoms with Crippen LogP contribution in [0.5, 0.6) is 0 Å². The first-order chi connectivity index (χ1) is 12.1. The molecule has 0 saturated heterocycles. The minimum absolute atomic E-state index is 0. The molecule has 2 aliphatic rings. The van der Waals surface area contributed by atoms with Crippen molar-refractivity contribution < 1.29 is 34.3 Å². The van der Waals surface area contributed by atoms with Crippen LogP contribution in [-0.4, -0.2) is 7.25 Å². The Morgan fingerprint density at radius 3 is 1.00 bits per heavy atom. The molecule has 4 atom stereocenters. The summed E-state index contributed by atoms with van der Waals surface area (Å²) in [6.45, 7) is 18.6. The Balaban J connectivity index is -0.000000171. The largest absolute Gasteiger partial charge is 3.00 e. The van der Waals surface area contributed by atoms with Gasteiger partial charge in [0, 0.05) is 0 Å². The number of hydrogen-bond acceptors (Lipinski definition) is 0. The van der Waals surface area contributed by atoms with E-state index in [1.807, 2.05) is 0 Å². The molecule has 0 heterocycles. The maximum Gasteiger partial charge on any atom is 3.00 e. The van der Waals surface area contributed by atoms with Gasteiger partial charge in [-0.3, -0.25) is 0 Å². The Kier molecular flexibility index (Phi) is 19.3. The van der Waals surface area contributed by atoms with Gasteiger partial charge < -0.3 is 32.1 Å². The van der Waals surface area contributed by atoms with Crippen LogP contribution in [0.15, 0.2) is 24.3 Å². The summed E-state index contributed by atoms with van der Waals surface area (Å²) in [5.74, 6) is 3.35. The van der Waals surface area contributed by atoms with Crippen LogP contribution in [0.3, 0.4) is 0 Å². The van der Waals surface area contributed by atoms with Gasteiger partial charge in [0.05, 0.1) is 0 Å². The molecule has 181 valence electrons. The number of allylic oxidation sites excluding steroid dienone is 4. The van der Waals surface area contributed by atoms with E-state index in [0.717, 1.165) is 23.7 Å². The van der Waals surface area contributed by atoms with E-state index in [0.29, 0.717) is 10.8 Å². The van der Waals surface area contributed by atoms with Crippen molar-refractivity contribution in [2.45, 2.75) is 81.1 Å². The Morgan fingerprint density at radius 2 is 0.900 bits per heavy atom. The summed E-state index contributed by atoms with van der Waals surface area (Å²) in [7, 11) is -6.00. The van der Waals surface area contributed by atoms with Crippen LogP contribution in [0.2, 0.25) is 0 Å². The van der Waals surface area contributed by atoms with Crippen LogP contribution in [0, 0.1) is 49.4 Å². The van der Waals surface area contributed by atoms with Crippen molar-refractivity contribution in [3.05, 3.63) is 39.2 Å². The molecule has 0 N–H and O–H groups in total. The summed E-state index contributed by atoms with van der Waals surface area (Å²) < 4.78 is 39.0. The van der Waals surface area contributed by atoms with Gasteiger partial charge in [-0.05, 0) is 60.2 Å². The number of hydrogen-bond donors (Lipinski definition) is 0. The third-order valence-corrected chi connectivity index (χ3v) is 5.62. The van der Waals surface area contributed by atoms with Gasteiger partial charge in [0.1, 0.15) is 0 Å². The summed E-state index contributed by atoms with van der Waals surface area (Å²) >= 11 is 0. The van der Waals surface area contributed by atoms with Crippen LogP contribution in [0.4, 0.5) is 17.3 Å². The zero-order valence-electron chi connectivity index (χ0n) is 20.9. The predicted octanol–water partition coefficient (Wildman–Crippen LogP) is 9.47. The molecule has 0 aliphatic heterocycles. The SMILES string of the molecule is CC[C@H]1C=C[C@@H](C(C)(C)C)C1.CC[C@H]1C=C[C@@H](C(C)(C)C)C1.F[B-](F)(F)F.[CH3-].[CH3-].[Fe+3]. The Labute approximate surface area is 196 Å². The third-order valence-electron chi connectivity index (χ3n) is 5.62. The zero-order valence-corrected chi connectivity index (χ0v) is 22.0. The molecule has 0 bridgehead atoms. The van der Waals surface area contributed by atoms with Crippen molar-refractivity contribution in [1.29, 1.82) is 0 Å². The van der Waals surface area contributed by atoms with E-state index >= 15 is 0 Å². The fraction of sp³-hybridized carbons (Fsp3) is 0.750. The van der Waals surface area contributed by atoms with Gasteiger partial charge in [-0.1, -0.05) is 79.7 Å².